The van der Waals surface area contributed by atoms with Crippen LogP contribution in [0.1, 0.15) is 12.0 Å². The van der Waals surface area contributed by atoms with Crippen molar-refractivity contribution < 1.29 is 19.4 Å². The Morgan fingerprint density at radius 3 is 3.00 bits per heavy atom. The van der Waals surface area contributed by atoms with E-state index in [2.05, 4.69) is 15.5 Å². The zero-order valence-electron chi connectivity index (χ0n) is 11.4. The summed E-state index contributed by atoms with van der Waals surface area (Å²) in [6.45, 7) is 0. The molecule has 22 heavy (non-hydrogen) atoms. The third-order valence-corrected chi connectivity index (χ3v) is 4.03. The van der Waals surface area contributed by atoms with E-state index in [1.807, 2.05) is 0 Å². The molecule has 1 fully saturated rings. The number of nitrogens with zero attached hydrogens (tertiary/aromatic N) is 2. The van der Waals surface area contributed by atoms with Crippen LogP contribution in [0.15, 0.2) is 28.4 Å². The lowest BCUT2D eigenvalue weighted by atomic mass is 10.2. The number of rotatable bonds is 5. The maximum absolute atomic E-state index is 11.5. The number of ether oxygens (including phenoxy) is 1. The molecule has 1 atom stereocenters. The molecule has 0 unspecified atom stereocenters. The van der Waals surface area contributed by atoms with Crippen LogP contribution in [0.4, 0.5) is 0 Å². The first-order valence-electron chi connectivity index (χ1n) is 6.11. The van der Waals surface area contributed by atoms with Gasteiger partial charge in [-0.05, 0) is 23.8 Å². The van der Waals surface area contributed by atoms with Crippen molar-refractivity contribution in [3.8, 4) is 5.75 Å². The van der Waals surface area contributed by atoms with Crippen molar-refractivity contribution in [2.45, 2.75) is 11.7 Å². The Kier molecular flexibility index (Phi) is 5.40. The van der Waals surface area contributed by atoms with E-state index in [0.717, 1.165) is 11.8 Å². The van der Waals surface area contributed by atoms with Crippen LogP contribution < -0.4 is 15.2 Å². The van der Waals surface area contributed by atoms with Gasteiger partial charge in [-0.15, -0.1) is 5.10 Å². The normalized spacial score (nSPS) is 19.6. The van der Waals surface area contributed by atoms with Gasteiger partial charge in [0.1, 0.15) is 5.75 Å². The SMILES string of the molecule is COc1ccc(/C=N\N=C2\NC(=O)[C@H](CC(=O)[O-])S2)cc1Cl. The number of carboxylic acid groups (broad SMARTS) is 1. The Balaban J connectivity index is 2.01. The van der Waals surface area contributed by atoms with E-state index in [-0.39, 0.29) is 11.6 Å². The van der Waals surface area contributed by atoms with E-state index >= 15 is 0 Å². The second-order valence-corrected chi connectivity index (χ2v) is 5.81. The predicted molar refractivity (Wildman–Crippen MR) is 82.2 cm³/mol. The number of carboxylic acids is 1. The number of thioether (sulfide) groups is 1. The molecule has 7 nitrogen and oxygen atoms in total. The van der Waals surface area contributed by atoms with Gasteiger partial charge in [-0.3, -0.25) is 4.79 Å². The van der Waals surface area contributed by atoms with E-state index < -0.39 is 17.1 Å². The first-order valence-corrected chi connectivity index (χ1v) is 7.37. The highest BCUT2D eigenvalue weighted by atomic mass is 35.5. The maximum Gasteiger partial charge on any atom is 0.239 e. The van der Waals surface area contributed by atoms with Gasteiger partial charge in [-0.1, -0.05) is 23.4 Å². The number of benzene rings is 1. The largest absolute Gasteiger partial charge is 0.550 e. The highest BCUT2D eigenvalue weighted by Gasteiger charge is 2.30. The average molecular weight is 341 g/mol. The molecule has 1 aliphatic heterocycles. The number of hydrogen-bond acceptors (Lipinski definition) is 7. The lowest BCUT2D eigenvalue weighted by Gasteiger charge is -2.04. The number of amidine groups is 1. The number of carbonyl (C=O) groups is 2. The van der Waals surface area contributed by atoms with Crippen LogP contribution in [-0.4, -0.2) is 35.6 Å². The number of nitrogens with one attached hydrogen (secondary N) is 1. The summed E-state index contributed by atoms with van der Waals surface area (Å²) in [4.78, 5) is 22.0. The van der Waals surface area contributed by atoms with Gasteiger partial charge >= 0.3 is 0 Å². The monoisotopic (exact) mass is 340 g/mol. The minimum absolute atomic E-state index is 0.243. The van der Waals surface area contributed by atoms with Crippen molar-refractivity contribution in [1.29, 1.82) is 0 Å². The summed E-state index contributed by atoms with van der Waals surface area (Å²) in [6.07, 6.45) is 1.09. The summed E-state index contributed by atoms with van der Waals surface area (Å²) in [5.74, 6) is -1.16. The summed E-state index contributed by atoms with van der Waals surface area (Å²) in [7, 11) is 1.52. The van der Waals surface area contributed by atoms with Crippen molar-refractivity contribution in [3.05, 3.63) is 28.8 Å². The molecule has 1 aliphatic rings. The molecule has 0 bridgehead atoms. The van der Waals surface area contributed by atoms with Crippen LogP contribution >= 0.6 is 23.4 Å². The van der Waals surface area contributed by atoms with Crippen LogP contribution in [0.3, 0.4) is 0 Å². The third kappa shape index (κ3) is 4.22. The maximum atomic E-state index is 11.5. The molecule has 1 heterocycles. The standard InChI is InChI=1S/C13H12ClN3O4S/c1-21-9-3-2-7(4-8(9)14)6-15-17-13-16-12(20)10(22-13)5-11(18)19/h2-4,6,10H,5H2,1H3,(H,18,19)(H,16,17,20)/p-1/b15-6-/t10-/m0/s1. The number of amides is 1. The highest BCUT2D eigenvalue weighted by Crippen LogP contribution is 2.24. The van der Waals surface area contributed by atoms with Crippen molar-refractivity contribution in [1.82, 2.24) is 5.32 Å². The molecular weight excluding hydrogens is 330 g/mol. The quantitative estimate of drug-likeness (QED) is 0.617. The smallest absolute Gasteiger partial charge is 0.239 e. The molecule has 0 aliphatic carbocycles. The summed E-state index contributed by atoms with van der Waals surface area (Å²) in [6, 6.07) is 5.09. The zero-order valence-corrected chi connectivity index (χ0v) is 13.0. The molecule has 1 aromatic carbocycles. The molecule has 0 radical (unpaired) electrons. The second kappa shape index (κ2) is 7.28. The summed E-state index contributed by atoms with van der Waals surface area (Å²) in [5.41, 5.74) is 0.704. The third-order valence-electron chi connectivity index (χ3n) is 2.66. The van der Waals surface area contributed by atoms with Crippen molar-refractivity contribution in [2.24, 2.45) is 10.2 Å². The molecule has 0 aromatic heterocycles. The first kappa shape index (κ1) is 16.3. The molecule has 1 aromatic rings. The molecule has 1 N–H and O–H groups in total. The number of methoxy groups -OCH3 is 1. The van der Waals surface area contributed by atoms with E-state index in [1.165, 1.54) is 13.3 Å². The van der Waals surface area contributed by atoms with Crippen molar-refractivity contribution >= 4 is 46.6 Å². The van der Waals surface area contributed by atoms with Gasteiger partial charge in [0.2, 0.25) is 5.91 Å². The summed E-state index contributed by atoms with van der Waals surface area (Å²) < 4.78 is 5.03. The molecule has 1 saturated heterocycles. The fraction of sp³-hybridized carbons (Fsp3) is 0.231. The number of halogens is 1. The molecule has 116 valence electrons. The van der Waals surface area contributed by atoms with E-state index in [0.29, 0.717) is 16.3 Å². The van der Waals surface area contributed by atoms with Gasteiger partial charge < -0.3 is 20.0 Å². The number of aliphatic carboxylic acids is 1. The Bertz CT molecular complexity index is 663. The van der Waals surface area contributed by atoms with Gasteiger partial charge in [0.15, 0.2) is 5.17 Å². The Morgan fingerprint density at radius 1 is 1.59 bits per heavy atom. The topological polar surface area (TPSA) is 103 Å². The summed E-state index contributed by atoms with van der Waals surface area (Å²) >= 11 is 6.98. The minimum atomic E-state index is -1.29. The van der Waals surface area contributed by atoms with Gasteiger partial charge in [0.05, 0.1) is 23.6 Å². The fourth-order valence-corrected chi connectivity index (χ4v) is 2.82. The average Bonchev–Trinajstić information content (AvgIpc) is 2.78. The van der Waals surface area contributed by atoms with Gasteiger partial charge in [0.25, 0.3) is 0 Å². The lowest BCUT2D eigenvalue weighted by Crippen LogP contribution is -2.31. The van der Waals surface area contributed by atoms with E-state index in [4.69, 9.17) is 16.3 Å². The lowest BCUT2D eigenvalue weighted by molar-refractivity contribution is -0.305. The predicted octanol–water partition coefficient (Wildman–Crippen LogP) is 0.410. The van der Waals surface area contributed by atoms with Gasteiger partial charge in [0, 0.05) is 12.4 Å². The van der Waals surface area contributed by atoms with Crippen molar-refractivity contribution in [2.75, 3.05) is 7.11 Å². The first-order chi connectivity index (χ1) is 10.5. The van der Waals surface area contributed by atoms with E-state index in [9.17, 15) is 14.7 Å². The van der Waals surface area contributed by atoms with Crippen LogP contribution in [0, 0.1) is 0 Å². The number of carbonyl (C=O) groups excluding carboxylic acids is 2. The van der Waals surface area contributed by atoms with Gasteiger partial charge in [-0.2, -0.15) is 5.10 Å². The molecule has 2 rings (SSSR count). The zero-order chi connectivity index (χ0) is 16.1. The van der Waals surface area contributed by atoms with Crippen LogP contribution in [-0.2, 0) is 9.59 Å². The Hall–Kier alpha value is -2.06. The van der Waals surface area contributed by atoms with E-state index in [1.54, 1.807) is 18.2 Å². The molecule has 9 heteroatoms. The van der Waals surface area contributed by atoms with Crippen LogP contribution in [0.25, 0.3) is 0 Å². The molecule has 0 saturated carbocycles. The van der Waals surface area contributed by atoms with Crippen LogP contribution in [0.5, 0.6) is 5.75 Å². The molecular formula is C13H11ClN3O4S-. The minimum Gasteiger partial charge on any atom is -0.550 e. The molecule has 1 amide bonds. The Labute approximate surface area is 135 Å². The van der Waals surface area contributed by atoms with Gasteiger partial charge in [-0.25, -0.2) is 0 Å². The summed E-state index contributed by atoms with van der Waals surface area (Å²) in [5, 5.41) is 20.5. The highest BCUT2D eigenvalue weighted by molar-refractivity contribution is 8.15. The van der Waals surface area contributed by atoms with Crippen molar-refractivity contribution in [3.63, 3.8) is 0 Å². The Morgan fingerprint density at radius 2 is 2.36 bits per heavy atom. The second-order valence-electron chi connectivity index (χ2n) is 4.22. The fourth-order valence-electron chi connectivity index (χ4n) is 1.65. The molecule has 0 spiro atoms. The van der Waals surface area contributed by atoms with Crippen LogP contribution in [0.2, 0.25) is 5.02 Å². The number of hydrogen-bond donors (Lipinski definition) is 1.